The molecule has 1 N–H and O–H groups in total. The Labute approximate surface area is 192 Å². The minimum atomic E-state index is -2.52. The van der Waals surface area contributed by atoms with Gasteiger partial charge < -0.3 is 9.34 Å². The topological polar surface area (TPSA) is 49.0 Å². The second kappa shape index (κ2) is 8.96. The van der Waals surface area contributed by atoms with Crippen LogP contribution < -0.4 is 0 Å². The van der Waals surface area contributed by atoms with Gasteiger partial charge in [-0.05, 0) is 46.6 Å². The van der Waals surface area contributed by atoms with Crippen molar-refractivity contribution in [2.45, 2.75) is 64.3 Å². The second-order valence-corrected chi connectivity index (χ2v) is 15.1. The molecule has 0 saturated carbocycles. The summed E-state index contributed by atoms with van der Waals surface area (Å²) < 4.78 is 61.9. The van der Waals surface area contributed by atoms with Gasteiger partial charge in [-0.2, -0.15) is 5.26 Å². The minimum absolute atomic E-state index is 0.112. The maximum atomic E-state index is 15.6. The molecule has 0 aliphatic rings. The summed E-state index contributed by atoms with van der Waals surface area (Å²) in [5.74, 6) is -4.62. The molecule has 8 heteroatoms. The molecule has 176 valence electrons. The molecule has 0 saturated heterocycles. The van der Waals surface area contributed by atoms with Gasteiger partial charge in [-0.1, -0.05) is 47.6 Å². The SMILES string of the molecule is CC(C)[Si](C(C)C)(C(C)C)n1ccc2c(F)c(C(O)c3ccc(F)c(C#N)c3)c(F)c(F)c21. The largest absolute Gasteiger partial charge is 0.383 e. The minimum Gasteiger partial charge on any atom is -0.383 e. The van der Waals surface area contributed by atoms with E-state index in [4.69, 9.17) is 5.26 Å². The number of hydrogen-bond donors (Lipinski definition) is 1. The highest BCUT2D eigenvalue weighted by Crippen LogP contribution is 2.45. The number of aliphatic hydroxyl groups is 1. The van der Waals surface area contributed by atoms with E-state index < -0.39 is 43.2 Å². The van der Waals surface area contributed by atoms with Gasteiger partial charge in [-0.25, -0.2) is 17.6 Å². The molecule has 0 spiro atoms. The van der Waals surface area contributed by atoms with Gasteiger partial charge in [0.15, 0.2) is 19.9 Å². The van der Waals surface area contributed by atoms with Crippen molar-refractivity contribution in [1.82, 2.24) is 4.23 Å². The Morgan fingerprint density at radius 1 is 0.879 bits per heavy atom. The molecule has 0 aliphatic heterocycles. The van der Waals surface area contributed by atoms with Crippen molar-refractivity contribution in [2.24, 2.45) is 0 Å². The molecule has 2 aromatic carbocycles. The van der Waals surface area contributed by atoms with Crippen LogP contribution in [0.25, 0.3) is 10.9 Å². The fourth-order valence-electron chi connectivity index (χ4n) is 5.66. The predicted molar refractivity (Wildman–Crippen MR) is 123 cm³/mol. The Kier molecular flexibility index (Phi) is 6.78. The number of benzene rings is 2. The summed E-state index contributed by atoms with van der Waals surface area (Å²) in [7, 11) is -2.52. The number of aliphatic hydroxyl groups excluding tert-OH is 1. The van der Waals surface area contributed by atoms with Gasteiger partial charge in [0, 0.05) is 5.39 Å². The summed E-state index contributed by atoms with van der Waals surface area (Å²) >= 11 is 0. The molecular weight excluding hydrogens is 448 g/mol. The molecule has 1 aromatic heterocycles. The van der Waals surface area contributed by atoms with Crippen LogP contribution >= 0.6 is 0 Å². The highest BCUT2D eigenvalue weighted by atomic mass is 28.3. The fraction of sp³-hybridized carbons (Fsp3) is 0.400. The summed E-state index contributed by atoms with van der Waals surface area (Å²) in [4.78, 5) is 0. The molecular formula is C25H28F4N2OSi. The Balaban J connectivity index is 2.32. The normalized spacial score (nSPS) is 13.4. The van der Waals surface area contributed by atoms with Gasteiger partial charge >= 0.3 is 0 Å². The average molecular weight is 477 g/mol. The zero-order valence-corrected chi connectivity index (χ0v) is 20.5. The first-order valence-electron chi connectivity index (χ1n) is 11.0. The zero-order valence-electron chi connectivity index (χ0n) is 19.5. The van der Waals surface area contributed by atoms with Crippen molar-refractivity contribution in [2.75, 3.05) is 0 Å². The Morgan fingerprint density at radius 3 is 1.97 bits per heavy atom. The number of halogens is 4. The molecule has 0 amide bonds. The van der Waals surface area contributed by atoms with E-state index in [2.05, 4.69) is 41.5 Å². The van der Waals surface area contributed by atoms with Crippen LogP contribution in [0.1, 0.15) is 64.3 Å². The highest BCUT2D eigenvalue weighted by molar-refractivity contribution is 6.82. The van der Waals surface area contributed by atoms with Crippen molar-refractivity contribution < 1.29 is 22.7 Å². The van der Waals surface area contributed by atoms with Crippen LogP contribution in [0, 0.1) is 34.6 Å². The highest BCUT2D eigenvalue weighted by Gasteiger charge is 2.46. The van der Waals surface area contributed by atoms with E-state index in [-0.39, 0.29) is 38.7 Å². The van der Waals surface area contributed by atoms with Crippen LogP contribution in [0.15, 0.2) is 30.5 Å². The monoisotopic (exact) mass is 476 g/mol. The van der Waals surface area contributed by atoms with Crippen molar-refractivity contribution >= 4 is 19.1 Å². The molecule has 0 aliphatic carbocycles. The third-order valence-corrected chi connectivity index (χ3v) is 13.6. The van der Waals surface area contributed by atoms with E-state index in [1.54, 1.807) is 16.5 Å². The Bertz CT molecular complexity index is 1220. The van der Waals surface area contributed by atoms with Crippen LogP contribution in [-0.2, 0) is 0 Å². The first kappa shape index (κ1) is 25.0. The fourth-order valence-corrected chi connectivity index (χ4v) is 12.3. The van der Waals surface area contributed by atoms with E-state index in [9.17, 15) is 9.50 Å². The number of nitrogens with zero attached hydrogens (tertiary/aromatic N) is 2. The molecule has 0 radical (unpaired) electrons. The van der Waals surface area contributed by atoms with Crippen LogP contribution in [0.3, 0.4) is 0 Å². The third-order valence-electron chi connectivity index (χ3n) is 6.89. The molecule has 3 aromatic rings. The maximum Gasteiger partial charge on any atom is 0.182 e. The van der Waals surface area contributed by atoms with Crippen molar-refractivity contribution in [3.63, 3.8) is 0 Å². The van der Waals surface area contributed by atoms with Gasteiger partial charge in [-0.3, -0.25) is 0 Å². The number of rotatable bonds is 6. The van der Waals surface area contributed by atoms with E-state index >= 15 is 13.2 Å². The molecule has 33 heavy (non-hydrogen) atoms. The zero-order chi connectivity index (χ0) is 24.8. The lowest BCUT2D eigenvalue weighted by molar-refractivity contribution is 0.208. The molecule has 1 atom stereocenters. The summed E-state index contributed by atoms with van der Waals surface area (Å²) in [6.07, 6.45) is -0.285. The van der Waals surface area contributed by atoms with Gasteiger partial charge in [-0.15, -0.1) is 0 Å². The predicted octanol–water partition coefficient (Wildman–Crippen LogP) is 7.17. The number of nitriles is 1. The first-order valence-corrected chi connectivity index (χ1v) is 13.1. The Hall–Kier alpha value is -2.63. The van der Waals surface area contributed by atoms with Gasteiger partial charge in [0.2, 0.25) is 0 Å². The first-order chi connectivity index (χ1) is 15.4. The van der Waals surface area contributed by atoms with Crippen LogP contribution in [0.5, 0.6) is 0 Å². The quantitative estimate of drug-likeness (QED) is 0.233. The van der Waals surface area contributed by atoms with E-state index in [1.807, 2.05) is 0 Å². The van der Waals surface area contributed by atoms with Crippen LogP contribution in [0.4, 0.5) is 17.6 Å². The number of fused-ring (bicyclic) bond motifs is 1. The van der Waals surface area contributed by atoms with Crippen LogP contribution in [0.2, 0.25) is 16.6 Å². The number of hydrogen-bond acceptors (Lipinski definition) is 2. The molecule has 0 bridgehead atoms. The summed E-state index contributed by atoms with van der Waals surface area (Å²) in [5.41, 5.74) is -1.02. The average Bonchev–Trinajstić information content (AvgIpc) is 3.17. The molecule has 1 unspecified atom stereocenters. The molecule has 3 rings (SSSR count). The molecule has 3 nitrogen and oxygen atoms in total. The number of aromatic nitrogens is 1. The van der Waals surface area contributed by atoms with E-state index in [1.165, 1.54) is 6.07 Å². The van der Waals surface area contributed by atoms with Gasteiger partial charge in [0.05, 0.1) is 16.6 Å². The molecule has 0 fully saturated rings. The van der Waals surface area contributed by atoms with Crippen molar-refractivity contribution in [3.05, 3.63) is 70.4 Å². The smallest absolute Gasteiger partial charge is 0.182 e. The van der Waals surface area contributed by atoms with Gasteiger partial charge in [0.25, 0.3) is 0 Å². The molecule has 1 heterocycles. The summed E-state index contributed by atoms with van der Waals surface area (Å²) in [6, 6.07) is 6.07. The third kappa shape index (κ3) is 3.67. The summed E-state index contributed by atoms with van der Waals surface area (Å²) in [6.45, 7) is 12.3. The standard InChI is InChI=1S/C25H28F4N2OSi/c1-13(2)33(14(3)4,15(5)6)31-10-9-18-21(27)20(22(28)23(29)24(18)31)25(32)16-7-8-19(26)17(11-16)12-30/h7-11,13-15,25,32H,1-6H3. The summed E-state index contributed by atoms with van der Waals surface area (Å²) in [5, 5.41) is 19.6. The van der Waals surface area contributed by atoms with E-state index in [0.29, 0.717) is 0 Å². The van der Waals surface area contributed by atoms with Crippen molar-refractivity contribution in [1.29, 1.82) is 5.26 Å². The van der Waals surface area contributed by atoms with Crippen molar-refractivity contribution in [3.8, 4) is 6.07 Å². The Morgan fingerprint density at radius 2 is 1.45 bits per heavy atom. The lowest BCUT2D eigenvalue weighted by Crippen LogP contribution is -2.51. The maximum absolute atomic E-state index is 15.6. The lowest BCUT2D eigenvalue weighted by atomic mass is 9.97. The van der Waals surface area contributed by atoms with E-state index in [0.717, 1.165) is 18.2 Å². The van der Waals surface area contributed by atoms with Crippen LogP contribution in [-0.4, -0.2) is 17.6 Å². The lowest BCUT2D eigenvalue weighted by Gasteiger charge is -2.44. The van der Waals surface area contributed by atoms with Gasteiger partial charge in [0.1, 0.15) is 23.8 Å². The second-order valence-electron chi connectivity index (χ2n) is 9.41.